The van der Waals surface area contributed by atoms with E-state index in [2.05, 4.69) is 15.6 Å². The van der Waals surface area contributed by atoms with Crippen molar-refractivity contribution in [3.63, 3.8) is 0 Å². The fourth-order valence-electron chi connectivity index (χ4n) is 3.90. The van der Waals surface area contributed by atoms with E-state index in [-0.39, 0.29) is 29.5 Å². The molecule has 13 heteroatoms. The number of carbonyl (C=O) groups excluding carboxylic acids is 1. The molecule has 1 aliphatic heterocycles. The van der Waals surface area contributed by atoms with Gasteiger partial charge in [0.25, 0.3) is 0 Å². The third-order valence-corrected chi connectivity index (χ3v) is 5.93. The molecule has 0 unspecified atom stereocenters. The number of hydrogen-bond donors (Lipinski definition) is 2. The lowest BCUT2D eigenvalue weighted by Crippen LogP contribution is -2.20. The minimum atomic E-state index is -4.70. The molecule has 39 heavy (non-hydrogen) atoms. The Kier molecular flexibility index (Phi) is 6.96. The Morgan fingerprint density at radius 3 is 2.33 bits per heavy atom. The molecular formula is C26H18ClF4N3O5. The first kappa shape index (κ1) is 26.2. The van der Waals surface area contributed by atoms with E-state index in [0.29, 0.717) is 40.8 Å². The van der Waals surface area contributed by atoms with Gasteiger partial charge in [-0.05, 0) is 36.4 Å². The summed E-state index contributed by atoms with van der Waals surface area (Å²) in [6.45, 7) is 0.609. The molecule has 0 fully saturated rings. The molecule has 2 amide bonds. The standard InChI is InChI=1S/C26H18ClF4N3O5/c1-36-21-12-18-22(24-23(21)37-8-9-38-24)20(6-7-32-18)39-19-5-3-14(11-17(19)28)34-25(35)33-13-2-4-16(27)15(10-13)26(29,30)31/h2-7,10-12H,8-9H2,1H3,(H2,33,34,35). The topological polar surface area (TPSA) is 90.9 Å². The van der Waals surface area contributed by atoms with Gasteiger partial charge in [0.1, 0.15) is 19.0 Å². The summed E-state index contributed by atoms with van der Waals surface area (Å²) in [7, 11) is 1.49. The maximum Gasteiger partial charge on any atom is 0.417 e. The van der Waals surface area contributed by atoms with E-state index in [1.807, 2.05) is 0 Å². The minimum Gasteiger partial charge on any atom is -0.493 e. The first-order chi connectivity index (χ1) is 18.6. The number of benzene rings is 3. The summed E-state index contributed by atoms with van der Waals surface area (Å²) < 4.78 is 76.9. The van der Waals surface area contributed by atoms with Crippen LogP contribution in [0.1, 0.15) is 5.56 Å². The number of aromatic nitrogens is 1. The van der Waals surface area contributed by atoms with E-state index in [0.717, 1.165) is 12.1 Å². The van der Waals surface area contributed by atoms with E-state index in [4.69, 9.17) is 30.5 Å². The van der Waals surface area contributed by atoms with Crippen LogP contribution in [0, 0.1) is 5.82 Å². The number of rotatable bonds is 5. The number of amides is 2. The molecule has 5 rings (SSSR count). The van der Waals surface area contributed by atoms with E-state index < -0.39 is 28.6 Å². The molecule has 1 aliphatic rings. The highest BCUT2D eigenvalue weighted by molar-refractivity contribution is 6.31. The van der Waals surface area contributed by atoms with Gasteiger partial charge in [0.05, 0.1) is 28.6 Å². The van der Waals surface area contributed by atoms with Crippen LogP contribution in [0.4, 0.5) is 33.7 Å². The second-order valence-electron chi connectivity index (χ2n) is 8.16. The van der Waals surface area contributed by atoms with Gasteiger partial charge in [-0.25, -0.2) is 9.18 Å². The molecule has 0 saturated carbocycles. The van der Waals surface area contributed by atoms with Crippen molar-refractivity contribution in [3.8, 4) is 28.7 Å². The number of nitrogens with one attached hydrogen (secondary N) is 2. The fourth-order valence-corrected chi connectivity index (χ4v) is 4.13. The largest absolute Gasteiger partial charge is 0.493 e. The van der Waals surface area contributed by atoms with E-state index in [9.17, 15) is 22.4 Å². The average molecular weight is 564 g/mol. The molecule has 4 aromatic rings. The molecule has 0 saturated heterocycles. The number of fused-ring (bicyclic) bond motifs is 3. The van der Waals surface area contributed by atoms with E-state index >= 15 is 0 Å². The Hall–Kier alpha value is -4.45. The van der Waals surface area contributed by atoms with Gasteiger partial charge in [-0.3, -0.25) is 4.98 Å². The van der Waals surface area contributed by atoms with Crippen LogP contribution in [0.5, 0.6) is 28.7 Å². The molecule has 0 spiro atoms. The number of methoxy groups -OCH3 is 1. The lowest BCUT2D eigenvalue weighted by molar-refractivity contribution is -0.137. The fraction of sp³-hybridized carbons (Fsp3) is 0.154. The summed E-state index contributed by atoms with van der Waals surface area (Å²) in [4.78, 5) is 16.6. The van der Waals surface area contributed by atoms with E-state index in [1.54, 1.807) is 6.07 Å². The van der Waals surface area contributed by atoms with Crippen LogP contribution < -0.4 is 29.6 Å². The highest BCUT2D eigenvalue weighted by Crippen LogP contribution is 2.48. The molecule has 0 aliphatic carbocycles. The normalized spacial score (nSPS) is 12.7. The molecule has 1 aromatic heterocycles. The predicted octanol–water partition coefficient (Wildman–Crippen LogP) is 7.26. The number of hydrogen-bond acceptors (Lipinski definition) is 6. The maximum atomic E-state index is 15.0. The lowest BCUT2D eigenvalue weighted by atomic mass is 10.1. The Morgan fingerprint density at radius 2 is 1.64 bits per heavy atom. The van der Waals surface area contributed by atoms with Crippen LogP contribution in [0.2, 0.25) is 5.02 Å². The highest BCUT2D eigenvalue weighted by atomic mass is 35.5. The number of halogens is 5. The molecule has 3 aromatic carbocycles. The molecule has 2 heterocycles. The Bertz CT molecular complexity index is 1580. The zero-order chi connectivity index (χ0) is 27.7. The summed E-state index contributed by atoms with van der Waals surface area (Å²) in [6, 6.07) is 8.85. The number of urea groups is 1. The zero-order valence-corrected chi connectivity index (χ0v) is 20.7. The van der Waals surface area contributed by atoms with Gasteiger partial charge in [-0.2, -0.15) is 13.2 Å². The van der Waals surface area contributed by atoms with Gasteiger partial charge in [0.15, 0.2) is 23.1 Å². The van der Waals surface area contributed by atoms with Crippen molar-refractivity contribution in [3.05, 3.63) is 71.1 Å². The molecule has 2 N–H and O–H groups in total. The molecule has 0 bridgehead atoms. The number of pyridine rings is 1. The monoisotopic (exact) mass is 563 g/mol. The van der Waals surface area contributed by atoms with Crippen molar-refractivity contribution in [1.29, 1.82) is 0 Å². The smallest absolute Gasteiger partial charge is 0.417 e. The Balaban J connectivity index is 1.35. The van der Waals surface area contributed by atoms with Crippen molar-refractivity contribution in [2.24, 2.45) is 0 Å². The van der Waals surface area contributed by atoms with Crippen molar-refractivity contribution in [2.75, 3.05) is 31.0 Å². The lowest BCUT2D eigenvalue weighted by Gasteiger charge is -2.23. The highest BCUT2D eigenvalue weighted by Gasteiger charge is 2.33. The average Bonchev–Trinajstić information content (AvgIpc) is 2.90. The first-order valence-electron chi connectivity index (χ1n) is 11.3. The van der Waals surface area contributed by atoms with Crippen molar-refractivity contribution in [2.45, 2.75) is 6.18 Å². The summed E-state index contributed by atoms with van der Waals surface area (Å²) >= 11 is 5.59. The van der Waals surface area contributed by atoms with Crippen LogP contribution in [-0.4, -0.2) is 31.3 Å². The van der Waals surface area contributed by atoms with Gasteiger partial charge in [-0.1, -0.05) is 11.6 Å². The molecular weight excluding hydrogens is 546 g/mol. The van der Waals surface area contributed by atoms with Gasteiger partial charge in [0, 0.05) is 29.7 Å². The molecule has 0 radical (unpaired) electrons. The van der Waals surface area contributed by atoms with Crippen molar-refractivity contribution in [1.82, 2.24) is 4.98 Å². The third kappa shape index (κ3) is 5.41. The summed E-state index contributed by atoms with van der Waals surface area (Å²) in [5.74, 6) is 0.415. The van der Waals surface area contributed by atoms with Gasteiger partial charge in [-0.15, -0.1) is 0 Å². The Labute approximate surface area is 223 Å². The van der Waals surface area contributed by atoms with Gasteiger partial charge in [0.2, 0.25) is 5.75 Å². The SMILES string of the molecule is COc1cc2nccc(Oc3ccc(NC(=O)Nc4ccc(Cl)c(C(F)(F)F)c4)cc3F)c2c2c1OCCO2. The second-order valence-corrected chi connectivity index (χ2v) is 8.56. The molecule has 8 nitrogen and oxygen atoms in total. The van der Waals surface area contributed by atoms with Gasteiger partial charge < -0.3 is 29.6 Å². The van der Waals surface area contributed by atoms with Crippen LogP contribution >= 0.6 is 11.6 Å². The Morgan fingerprint density at radius 1 is 0.949 bits per heavy atom. The quantitative estimate of drug-likeness (QED) is 0.248. The first-order valence-corrected chi connectivity index (χ1v) is 11.7. The predicted molar refractivity (Wildman–Crippen MR) is 135 cm³/mol. The second kappa shape index (κ2) is 10.4. The molecule has 0 atom stereocenters. The van der Waals surface area contributed by atoms with Crippen LogP contribution in [0.15, 0.2) is 54.7 Å². The number of ether oxygens (including phenoxy) is 4. The number of anilines is 2. The number of alkyl halides is 3. The summed E-state index contributed by atoms with van der Waals surface area (Å²) in [5, 5.41) is 4.56. The zero-order valence-electron chi connectivity index (χ0n) is 20.0. The van der Waals surface area contributed by atoms with Crippen LogP contribution in [-0.2, 0) is 6.18 Å². The maximum absolute atomic E-state index is 15.0. The molecule has 202 valence electrons. The van der Waals surface area contributed by atoms with E-state index in [1.165, 1.54) is 37.6 Å². The van der Waals surface area contributed by atoms with Crippen molar-refractivity contribution >= 4 is 39.9 Å². The third-order valence-electron chi connectivity index (χ3n) is 5.60. The minimum absolute atomic E-state index is 0.0285. The summed E-state index contributed by atoms with van der Waals surface area (Å²) in [6.07, 6.45) is -3.22. The van der Waals surface area contributed by atoms with Crippen LogP contribution in [0.25, 0.3) is 10.9 Å². The van der Waals surface area contributed by atoms with Crippen LogP contribution in [0.3, 0.4) is 0 Å². The number of carbonyl (C=O) groups is 1. The summed E-state index contributed by atoms with van der Waals surface area (Å²) in [5.41, 5.74) is -0.754. The number of nitrogens with zero attached hydrogens (tertiary/aromatic N) is 1. The van der Waals surface area contributed by atoms with Gasteiger partial charge >= 0.3 is 12.2 Å². The van der Waals surface area contributed by atoms with Crippen molar-refractivity contribution < 1.29 is 41.3 Å².